The number of rotatable bonds is 7. The quantitative estimate of drug-likeness (QED) is 0.836. The van der Waals surface area contributed by atoms with Crippen LogP contribution in [0, 0.1) is 6.92 Å². The second-order valence-electron chi connectivity index (χ2n) is 6.40. The summed E-state index contributed by atoms with van der Waals surface area (Å²) in [4.78, 5) is 5.55. The Morgan fingerprint density at radius 2 is 2.24 bits per heavy atom. The van der Waals surface area contributed by atoms with Gasteiger partial charge in [-0.05, 0) is 57.7 Å². The van der Waals surface area contributed by atoms with Crippen LogP contribution in [0.4, 0.5) is 0 Å². The highest BCUT2D eigenvalue weighted by atomic mass is 32.1. The lowest BCUT2D eigenvalue weighted by atomic mass is 10.1. The maximum absolute atomic E-state index is 5.81. The highest BCUT2D eigenvalue weighted by Gasteiger charge is 2.22. The molecule has 0 bridgehead atoms. The molecular formula is C17H28N2OS. The van der Waals surface area contributed by atoms with Crippen molar-refractivity contribution in [2.75, 3.05) is 19.7 Å². The summed E-state index contributed by atoms with van der Waals surface area (Å²) in [7, 11) is 0. The molecule has 1 aromatic heterocycles. The average molecular weight is 308 g/mol. The van der Waals surface area contributed by atoms with Gasteiger partial charge in [-0.25, -0.2) is 0 Å². The molecule has 4 heteroatoms. The Hall–Kier alpha value is -0.420. The lowest BCUT2D eigenvalue weighted by Crippen LogP contribution is -2.39. The molecule has 21 heavy (non-hydrogen) atoms. The molecule has 3 nitrogen and oxygen atoms in total. The molecule has 1 saturated heterocycles. The first kappa shape index (κ1) is 15.5. The molecule has 0 aromatic carbocycles. The van der Waals surface area contributed by atoms with Crippen molar-refractivity contribution < 1.29 is 4.74 Å². The maximum atomic E-state index is 5.81. The minimum atomic E-state index is 0.443. The second kappa shape index (κ2) is 7.23. The Balaban J connectivity index is 1.53. The van der Waals surface area contributed by atoms with E-state index in [1.807, 2.05) is 11.3 Å². The Morgan fingerprint density at radius 1 is 1.38 bits per heavy atom. The van der Waals surface area contributed by atoms with Gasteiger partial charge in [-0.1, -0.05) is 0 Å². The van der Waals surface area contributed by atoms with Crippen LogP contribution in [-0.4, -0.2) is 36.7 Å². The van der Waals surface area contributed by atoms with E-state index in [2.05, 4.69) is 30.1 Å². The van der Waals surface area contributed by atoms with Crippen molar-refractivity contribution in [3.05, 3.63) is 21.4 Å². The number of ether oxygens (including phenoxy) is 1. The van der Waals surface area contributed by atoms with Gasteiger partial charge >= 0.3 is 0 Å². The molecule has 1 saturated carbocycles. The molecule has 1 aromatic rings. The Morgan fingerprint density at radius 3 is 3.00 bits per heavy atom. The first-order valence-corrected chi connectivity index (χ1v) is 9.21. The van der Waals surface area contributed by atoms with E-state index in [0.717, 1.165) is 32.3 Å². The monoisotopic (exact) mass is 308 g/mol. The van der Waals surface area contributed by atoms with E-state index >= 15 is 0 Å². The molecule has 3 rings (SSSR count). The van der Waals surface area contributed by atoms with Crippen molar-refractivity contribution in [1.82, 2.24) is 10.2 Å². The van der Waals surface area contributed by atoms with Gasteiger partial charge in [-0.2, -0.15) is 0 Å². The number of nitrogens with zero attached hydrogens (tertiary/aromatic N) is 1. The smallest absolute Gasteiger partial charge is 0.0702 e. The van der Waals surface area contributed by atoms with Crippen LogP contribution in [0.1, 0.15) is 47.9 Å². The molecule has 0 spiro atoms. The topological polar surface area (TPSA) is 24.5 Å². The number of hydrogen-bond acceptors (Lipinski definition) is 4. The van der Waals surface area contributed by atoms with Gasteiger partial charge in [0.15, 0.2) is 0 Å². The lowest BCUT2D eigenvalue weighted by molar-refractivity contribution is 0.00362. The number of nitrogens with one attached hydrogen (secondary N) is 1. The zero-order valence-electron chi connectivity index (χ0n) is 13.4. The Bertz CT molecular complexity index is 454. The first-order chi connectivity index (χ1) is 10.2. The van der Waals surface area contributed by atoms with Crippen LogP contribution in [-0.2, 0) is 17.8 Å². The second-order valence-corrected chi connectivity index (χ2v) is 7.74. The van der Waals surface area contributed by atoms with Crippen LogP contribution in [0.3, 0.4) is 0 Å². The van der Waals surface area contributed by atoms with E-state index in [0.29, 0.717) is 6.10 Å². The SMILES string of the molecule is CCOC1CCCN(Cc2cc(CNC3CC3)sc2C)C1. The number of likely N-dealkylation sites (tertiary alicyclic amines) is 1. The zero-order valence-corrected chi connectivity index (χ0v) is 14.2. The van der Waals surface area contributed by atoms with E-state index in [1.165, 1.54) is 47.5 Å². The standard InChI is InChI=1S/C17H28N2OS/c1-3-20-16-5-4-8-19(12-16)11-14-9-17(21-13(14)2)10-18-15-6-7-15/h9,15-16,18H,3-8,10-12H2,1-2H3. The summed E-state index contributed by atoms with van der Waals surface area (Å²) in [5.41, 5.74) is 1.52. The highest BCUT2D eigenvalue weighted by Crippen LogP contribution is 2.26. The van der Waals surface area contributed by atoms with Crippen molar-refractivity contribution in [3.8, 4) is 0 Å². The van der Waals surface area contributed by atoms with E-state index in [4.69, 9.17) is 4.74 Å². The van der Waals surface area contributed by atoms with Gasteiger partial charge in [0, 0.05) is 42.0 Å². The van der Waals surface area contributed by atoms with Crippen LogP contribution < -0.4 is 5.32 Å². The fourth-order valence-electron chi connectivity index (χ4n) is 3.13. The molecule has 1 atom stereocenters. The molecule has 0 amide bonds. The summed E-state index contributed by atoms with van der Waals surface area (Å²) in [5, 5.41) is 3.62. The van der Waals surface area contributed by atoms with E-state index in [1.54, 1.807) is 0 Å². The summed E-state index contributed by atoms with van der Waals surface area (Å²) >= 11 is 1.96. The van der Waals surface area contributed by atoms with Gasteiger partial charge in [0.25, 0.3) is 0 Å². The Labute approximate surface area is 132 Å². The third kappa shape index (κ3) is 4.52. The van der Waals surface area contributed by atoms with Crippen molar-refractivity contribution >= 4 is 11.3 Å². The van der Waals surface area contributed by atoms with E-state index in [9.17, 15) is 0 Å². The molecule has 118 valence electrons. The predicted octanol–water partition coefficient (Wildman–Crippen LogP) is 3.31. The highest BCUT2D eigenvalue weighted by molar-refractivity contribution is 7.12. The van der Waals surface area contributed by atoms with Gasteiger partial charge in [0.05, 0.1) is 6.10 Å². The Kier molecular flexibility index (Phi) is 5.33. The summed E-state index contributed by atoms with van der Waals surface area (Å²) in [5.74, 6) is 0. The van der Waals surface area contributed by atoms with Crippen molar-refractivity contribution in [2.24, 2.45) is 0 Å². The summed E-state index contributed by atoms with van der Waals surface area (Å²) in [6.07, 6.45) is 5.67. The third-order valence-corrected chi connectivity index (χ3v) is 5.57. The van der Waals surface area contributed by atoms with E-state index < -0.39 is 0 Å². The molecule has 1 aliphatic heterocycles. The predicted molar refractivity (Wildman–Crippen MR) is 88.8 cm³/mol. The fraction of sp³-hybridized carbons (Fsp3) is 0.765. The van der Waals surface area contributed by atoms with Crippen molar-refractivity contribution in [3.63, 3.8) is 0 Å². The van der Waals surface area contributed by atoms with Crippen LogP contribution >= 0.6 is 11.3 Å². The number of aryl methyl sites for hydroxylation is 1. The molecule has 2 fully saturated rings. The summed E-state index contributed by atoms with van der Waals surface area (Å²) in [6.45, 7) is 9.67. The van der Waals surface area contributed by atoms with Crippen LogP contribution in [0.25, 0.3) is 0 Å². The number of thiophene rings is 1. The third-order valence-electron chi connectivity index (χ3n) is 4.47. The molecule has 1 aliphatic carbocycles. The number of piperidine rings is 1. The molecule has 0 radical (unpaired) electrons. The van der Waals surface area contributed by atoms with Gasteiger partial charge in [-0.3, -0.25) is 4.90 Å². The number of hydrogen-bond donors (Lipinski definition) is 1. The van der Waals surface area contributed by atoms with Crippen molar-refractivity contribution in [1.29, 1.82) is 0 Å². The zero-order chi connectivity index (χ0) is 14.7. The molecule has 2 aliphatic rings. The van der Waals surface area contributed by atoms with Crippen LogP contribution in [0.5, 0.6) is 0 Å². The first-order valence-electron chi connectivity index (χ1n) is 8.40. The van der Waals surface area contributed by atoms with Crippen LogP contribution in [0.2, 0.25) is 0 Å². The largest absolute Gasteiger partial charge is 0.377 e. The normalized spacial score (nSPS) is 23.6. The minimum Gasteiger partial charge on any atom is -0.377 e. The molecular weight excluding hydrogens is 280 g/mol. The maximum Gasteiger partial charge on any atom is 0.0702 e. The molecule has 1 N–H and O–H groups in total. The molecule has 2 heterocycles. The van der Waals surface area contributed by atoms with Gasteiger partial charge in [-0.15, -0.1) is 11.3 Å². The van der Waals surface area contributed by atoms with Crippen LogP contribution in [0.15, 0.2) is 6.07 Å². The van der Waals surface area contributed by atoms with E-state index in [-0.39, 0.29) is 0 Å². The van der Waals surface area contributed by atoms with Gasteiger partial charge in [0.2, 0.25) is 0 Å². The average Bonchev–Trinajstić information content (AvgIpc) is 3.23. The molecule has 1 unspecified atom stereocenters. The summed E-state index contributed by atoms with van der Waals surface area (Å²) in [6, 6.07) is 3.21. The fourth-order valence-corrected chi connectivity index (χ4v) is 4.14. The summed E-state index contributed by atoms with van der Waals surface area (Å²) < 4.78 is 5.81. The van der Waals surface area contributed by atoms with Crippen molar-refractivity contribution in [2.45, 2.75) is 64.8 Å². The van der Waals surface area contributed by atoms with Gasteiger partial charge in [0.1, 0.15) is 0 Å². The van der Waals surface area contributed by atoms with Gasteiger partial charge < -0.3 is 10.1 Å². The minimum absolute atomic E-state index is 0.443. The lowest BCUT2D eigenvalue weighted by Gasteiger charge is -2.32.